The maximum atomic E-state index is 5.90. The highest BCUT2D eigenvalue weighted by Gasteiger charge is 1.99. The van der Waals surface area contributed by atoms with E-state index in [1.54, 1.807) is 6.07 Å². The Hall–Kier alpha value is -0.500. The Morgan fingerprint density at radius 3 is 2.75 bits per heavy atom. The van der Waals surface area contributed by atoms with Crippen LogP contribution in [0.2, 0.25) is 10.0 Å². The minimum atomic E-state index is 0.503. The fraction of sp³-hybridized carbons (Fsp3) is 0.111. The van der Waals surface area contributed by atoms with Crippen LogP contribution in [0.4, 0.5) is 0 Å². The molecular weight excluding hydrogens is 193 g/mol. The van der Waals surface area contributed by atoms with Crippen molar-refractivity contribution in [2.45, 2.75) is 0 Å². The fourth-order valence-electron chi connectivity index (χ4n) is 0.844. The van der Waals surface area contributed by atoms with Gasteiger partial charge in [-0.3, -0.25) is 0 Å². The van der Waals surface area contributed by atoms with Crippen LogP contribution in [0.5, 0.6) is 0 Å². The summed E-state index contributed by atoms with van der Waals surface area (Å²) in [4.78, 5) is 0. The van der Waals surface area contributed by atoms with Gasteiger partial charge < -0.3 is 5.73 Å². The SMILES string of the molecule is NC/C=C/c1cccc(Cl)c1Cl. The number of hydrogen-bond acceptors (Lipinski definition) is 1. The lowest BCUT2D eigenvalue weighted by Gasteiger charge is -1.98. The second-order valence-corrected chi connectivity index (χ2v) is 3.07. The molecule has 1 aromatic carbocycles. The molecule has 0 radical (unpaired) electrons. The third-order valence-electron chi connectivity index (χ3n) is 1.41. The largest absolute Gasteiger partial charge is 0.327 e. The number of nitrogens with two attached hydrogens (primary N) is 1. The second kappa shape index (κ2) is 4.51. The fourth-order valence-corrected chi connectivity index (χ4v) is 1.22. The Morgan fingerprint density at radius 1 is 1.33 bits per heavy atom. The van der Waals surface area contributed by atoms with E-state index >= 15 is 0 Å². The van der Waals surface area contributed by atoms with Gasteiger partial charge in [0.2, 0.25) is 0 Å². The highest BCUT2D eigenvalue weighted by atomic mass is 35.5. The van der Waals surface area contributed by atoms with E-state index in [0.717, 1.165) is 5.56 Å². The van der Waals surface area contributed by atoms with Crippen LogP contribution in [0, 0.1) is 0 Å². The first-order valence-electron chi connectivity index (χ1n) is 3.56. The van der Waals surface area contributed by atoms with E-state index < -0.39 is 0 Å². The summed E-state index contributed by atoms with van der Waals surface area (Å²) in [5, 5.41) is 1.14. The lowest BCUT2D eigenvalue weighted by atomic mass is 10.2. The van der Waals surface area contributed by atoms with E-state index in [1.807, 2.05) is 24.3 Å². The molecule has 0 atom stereocenters. The van der Waals surface area contributed by atoms with Crippen molar-refractivity contribution in [2.24, 2.45) is 5.73 Å². The summed E-state index contributed by atoms with van der Waals surface area (Å²) in [5.74, 6) is 0. The molecule has 0 fully saturated rings. The van der Waals surface area contributed by atoms with Crippen molar-refractivity contribution in [2.75, 3.05) is 6.54 Å². The highest BCUT2D eigenvalue weighted by molar-refractivity contribution is 6.42. The molecule has 64 valence electrons. The molecule has 0 heterocycles. The normalized spacial score (nSPS) is 10.9. The van der Waals surface area contributed by atoms with E-state index in [2.05, 4.69) is 0 Å². The molecule has 3 heteroatoms. The van der Waals surface area contributed by atoms with Gasteiger partial charge in [0.25, 0.3) is 0 Å². The van der Waals surface area contributed by atoms with Crippen molar-refractivity contribution >= 4 is 29.3 Å². The van der Waals surface area contributed by atoms with E-state index in [4.69, 9.17) is 28.9 Å². The molecule has 1 rings (SSSR count). The van der Waals surface area contributed by atoms with Crippen LogP contribution in [0.25, 0.3) is 6.08 Å². The zero-order valence-corrected chi connectivity index (χ0v) is 7.94. The van der Waals surface area contributed by atoms with Crippen molar-refractivity contribution in [1.29, 1.82) is 0 Å². The van der Waals surface area contributed by atoms with E-state index in [9.17, 15) is 0 Å². The topological polar surface area (TPSA) is 26.0 Å². The van der Waals surface area contributed by atoms with E-state index in [1.165, 1.54) is 0 Å². The Kier molecular flexibility index (Phi) is 3.60. The molecule has 0 aliphatic heterocycles. The molecule has 0 aliphatic carbocycles. The van der Waals surface area contributed by atoms with Crippen LogP contribution < -0.4 is 5.73 Å². The van der Waals surface area contributed by atoms with Gasteiger partial charge >= 0.3 is 0 Å². The van der Waals surface area contributed by atoms with Gasteiger partial charge in [0.05, 0.1) is 10.0 Å². The van der Waals surface area contributed by atoms with Crippen LogP contribution in [-0.2, 0) is 0 Å². The predicted octanol–water partition coefficient (Wildman–Crippen LogP) is 2.97. The molecular formula is C9H9Cl2N. The van der Waals surface area contributed by atoms with Gasteiger partial charge in [-0.15, -0.1) is 0 Å². The number of halogens is 2. The molecule has 0 saturated heterocycles. The average Bonchev–Trinajstić information content (AvgIpc) is 2.08. The van der Waals surface area contributed by atoms with Crippen molar-refractivity contribution < 1.29 is 0 Å². The zero-order chi connectivity index (χ0) is 8.97. The molecule has 0 aliphatic rings. The van der Waals surface area contributed by atoms with Gasteiger partial charge in [-0.2, -0.15) is 0 Å². The molecule has 0 spiro atoms. The summed E-state index contributed by atoms with van der Waals surface area (Å²) in [6.07, 6.45) is 3.69. The molecule has 1 nitrogen and oxygen atoms in total. The lowest BCUT2D eigenvalue weighted by molar-refractivity contribution is 1.26. The van der Waals surface area contributed by atoms with E-state index in [-0.39, 0.29) is 0 Å². The predicted molar refractivity (Wildman–Crippen MR) is 54.6 cm³/mol. The third kappa shape index (κ3) is 2.24. The Bertz CT molecular complexity index is 295. The monoisotopic (exact) mass is 201 g/mol. The van der Waals surface area contributed by atoms with Crippen molar-refractivity contribution in [3.8, 4) is 0 Å². The standard InChI is InChI=1S/C9H9Cl2N/c10-8-5-1-3-7(9(8)11)4-2-6-12/h1-5H,6,12H2/b4-2+. The van der Waals surface area contributed by atoms with Crippen molar-refractivity contribution in [3.05, 3.63) is 39.9 Å². The first-order valence-corrected chi connectivity index (χ1v) is 4.32. The maximum absolute atomic E-state index is 5.90. The summed E-state index contributed by atoms with van der Waals surface area (Å²) in [7, 11) is 0. The number of benzene rings is 1. The highest BCUT2D eigenvalue weighted by Crippen LogP contribution is 2.26. The zero-order valence-electron chi connectivity index (χ0n) is 6.43. The first-order chi connectivity index (χ1) is 5.75. The molecule has 1 aromatic rings. The third-order valence-corrected chi connectivity index (χ3v) is 2.25. The summed E-state index contributed by atoms with van der Waals surface area (Å²) >= 11 is 11.7. The quantitative estimate of drug-likeness (QED) is 0.783. The van der Waals surface area contributed by atoms with E-state index in [0.29, 0.717) is 16.6 Å². The number of rotatable bonds is 2. The van der Waals surface area contributed by atoms with Crippen LogP contribution in [0.1, 0.15) is 5.56 Å². The van der Waals surface area contributed by atoms with Crippen molar-refractivity contribution in [3.63, 3.8) is 0 Å². The molecule has 0 bridgehead atoms. The molecule has 0 amide bonds. The van der Waals surface area contributed by atoms with Gasteiger partial charge in [-0.25, -0.2) is 0 Å². The molecule has 0 unspecified atom stereocenters. The first kappa shape index (κ1) is 9.59. The van der Waals surface area contributed by atoms with Gasteiger partial charge in [0.1, 0.15) is 0 Å². The maximum Gasteiger partial charge on any atom is 0.0664 e. The van der Waals surface area contributed by atoms with Gasteiger partial charge in [-0.05, 0) is 11.6 Å². The Balaban J connectivity index is 3.00. The van der Waals surface area contributed by atoms with Gasteiger partial charge in [-0.1, -0.05) is 47.5 Å². The molecule has 0 aromatic heterocycles. The summed E-state index contributed by atoms with van der Waals surface area (Å²) < 4.78 is 0. The molecule has 2 N–H and O–H groups in total. The minimum Gasteiger partial charge on any atom is -0.327 e. The smallest absolute Gasteiger partial charge is 0.0664 e. The van der Waals surface area contributed by atoms with Crippen LogP contribution >= 0.6 is 23.2 Å². The van der Waals surface area contributed by atoms with Gasteiger partial charge in [0.15, 0.2) is 0 Å². The van der Waals surface area contributed by atoms with Crippen LogP contribution in [0.15, 0.2) is 24.3 Å². The lowest BCUT2D eigenvalue weighted by Crippen LogP contribution is -1.92. The summed E-state index contributed by atoms with van der Waals surface area (Å²) in [6.45, 7) is 0.503. The summed E-state index contributed by atoms with van der Waals surface area (Å²) in [6, 6.07) is 5.49. The molecule has 12 heavy (non-hydrogen) atoms. The number of hydrogen-bond donors (Lipinski definition) is 1. The second-order valence-electron chi connectivity index (χ2n) is 2.28. The average molecular weight is 202 g/mol. The van der Waals surface area contributed by atoms with Crippen LogP contribution in [0.3, 0.4) is 0 Å². The van der Waals surface area contributed by atoms with Gasteiger partial charge in [0, 0.05) is 6.54 Å². The minimum absolute atomic E-state index is 0.503. The molecule has 0 saturated carbocycles. The van der Waals surface area contributed by atoms with Crippen molar-refractivity contribution in [1.82, 2.24) is 0 Å². The Morgan fingerprint density at radius 2 is 2.08 bits per heavy atom. The Labute approximate surface area is 81.8 Å². The van der Waals surface area contributed by atoms with Crippen LogP contribution in [-0.4, -0.2) is 6.54 Å². The summed E-state index contributed by atoms with van der Waals surface area (Å²) in [5.41, 5.74) is 6.20.